The van der Waals surface area contributed by atoms with Gasteiger partial charge in [0.1, 0.15) is 0 Å². The van der Waals surface area contributed by atoms with Gasteiger partial charge in [0.05, 0.1) is 11.3 Å². The van der Waals surface area contributed by atoms with E-state index in [1.54, 1.807) is 24.3 Å². The molecule has 4 fully saturated rings. The molecular weight excluding hydrogens is 436 g/mol. The van der Waals surface area contributed by atoms with Crippen LogP contribution in [0.1, 0.15) is 59.2 Å². The smallest absolute Gasteiger partial charge is 0.270 e. The molecule has 0 unspecified atom stereocenters. The van der Waals surface area contributed by atoms with Crippen LogP contribution in [0, 0.1) is 17.8 Å². The van der Waals surface area contributed by atoms with Crippen molar-refractivity contribution < 1.29 is 14.4 Å². The average molecular weight is 465 g/mol. The molecule has 4 aliphatic carbocycles. The molecule has 0 saturated heterocycles. The lowest BCUT2D eigenvalue weighted by Crippen LogP contribution is -2.60. The van der Waals surface area contributed by atoms with Crippen molar-refractivity contribution >= 4 is 29.5 Å². The van der Waals surface area contributed by atoms with Crippen molar-refractivity contribution in [3.63, 3.8) is 0 Å². The number of hydrogen-bond acceptors (Lipinski definition) is 5. The topological polar surface area (TPSA) is 100 Å². The number of nitrogens with zero attached hydrogens (tertiary/aromatic N) is 1. The number of rotatable bonds is 6. The number of aromatic nitrogens is 1. The van der Waals surface area contributed by atoms with Crippen LogP contribution in [0.5, 0.6) is 0 Å². The number of hydrogen-bond donors (Lipinski definition) is 3. The molecule has 6 rings (SSSR count). The number of nitrogens with one attached hydrogen (secondary N) is 3. The van der Waals surface area contributed by atoms with Crippen LogP contribution < -0.4 is 16.2 Å². The van der Waals surface area contributed by atoms with E-state index < -0.39 is 11.8 Å². The Morgan fingerprint density at radius 3 is 2.15 bits per heavy atom. The Hall–Kier alpha value is -2.87. The minimum absolute atomic E-state index is 0.0134. The van der Waals surface area contributed by atoms with Crippen molar-refractivity contribution in [3.05, 3.63) is 59.9 Å². The molecule has 1 aromatic heterocycles. The number of amides is 3. The summed E-state index contributed by atoms with van der Waals surface area (Å²) in [7, 11) is 0. The first-order valence-electron chi connectivity index (χ1n) is 11.5. The molecule has 3 amide bonds. The Bertz CT molecular complexity index is 1020. The quantitative estimate of drug-likeness (QED) is 0.450. The zero-order valence-electron chi connectivity index (χ0n) is 18.4. The lowest BCUT2D eigenvalue weighted by atomic mass is 9.53. The first-order chi connectivity index (χ1) is 16.0. The van der Waals surface area contributed by atoms with Crippen LogP contribution in [0.3, 0.4) is 0 Å². The van der Waals surface area contributed by atoms with Crippen LogP contribution in [-0.2, 0) is 4.79 Å². The Morgan fingerprint density at radius 2 is 1.48 bits per heavy atom. The van der Waals surface area contributed by atoms with Crippen LogP contribution in [0.4, 0.5) is 0 Å². The Kier molecular flexibility index (Phi) is 6.10. The molecule has 1 heterocycles. The van der Waals surface area contributed by atoms with Crippen molar-refractivity contribution in [3.8, 4) is 0 Å². The van der Waals surface area contributed by atoms with Gasteiger partial charge in [0.15, 0.2) is 0 Å². The van der Waals surface area contributed by atoms with Gasteiger partial charge < -0.3 is 5.32 Å². The maximum atomic E-state index is 12.9. The SMILES string of the molecule is O=C(CSc1ccccc1C(=O)NNC(=O)c1ccncc1)NC12CC3CC(CC(C3)C1)C2. The van der Waals surface area contributed by atoms with Crippen LogP contribution in [0.25, 0.3) is 0 Å². The summed E-state index contributed by atoms with van der Waals surface area (Å²) in [6.45, 7) is 0. The molecule has 172 valence electrons. The molecule has 33 heavy (non-hydrogen) atoms. The van der Waals surface area contributed by atoms with E-state index >= 15 is 0 Å². The van der Waals surface area contributed by atoms with Crippen molar-refractivity contribution in [2.45, 2.75) is 49.0 Å². The minimum atomic E-state index is -0.429. The monoisotopic (exact) mass is 464 g/mol. The number of hydrazine groups is 1. The predicted octanol–water partition coefficient (Wildman–Crippen LogP) is 3.33. The largest absolute Gasteiger partial charge is 0.350 e. The predicted molar refractivity (Wildman–Crippen MR) is 125 cm³/mol. The van der Waals surface area contributed by atoms with Crippen molar-refractivity contribution in [1.29, 1.82) is 0 Å². The van der Waals surface area contributed by atoms with E-state index in [2.05, 4.69) is 21.2 Å². The molecule has 1 aromatic carbocycles. The van der Waals surface area contributed by atoms with Crippen molar-refractivity contribution in [2.24, 2.45) is 17.8 Å². The Morgan fingerprint density at radius 1 is 0.879 bits per heavy atom. The standard InChI is InChI=1S/C25H28N4O3S/c30-22(27-25-12-16-9-17(13-25)11-18(10-16)14-25)15-33-21-4-2-1-3-20(21)24(32)29-28-23(31)19-5-7-26-8-6-19/h1-8,16-18H,9-15H2,(H,27,30)(H,28,31)(H,29,32). The molecule has 8 heteroatoms. The van der Waals surface area contributed by atoms with Gasteiger partial charge in [-0.1, -0.05) is 12.1 Å². The molecule has 0 aliphatic heterocycles. The van der Waals surface area contributed by atoms with E-state index in [9.17, 15) is 14.4 Å². The van der Waals surface area contributed by atoms with Gasteiger partial charge >= 0.3 is 0 Å². The first kappa shape index (κ1) is 21.9. The summed E-state index contributed by atoms with van der Waals surface area (Å²) in [6, 6.07) is 10.2. The molecule has 0 atom stereocenters. The van der Waals surface area contributed by atoms with Gasteiger partial charge in [0, 0.05) is 28.4 Å². The van der Waals surface area contributed by atoms with Crippen LogP contribution in [-0.4, -0.2) is 34.0 Å². The molecule has 7 nitrogen and oxygen atoms in total. The van der Waals surface area contributed by atoms with Crippen LogP contribution in [0.15, 0.2) is 53.7 Å². The van der Waals surface area contributed by atoms with Gasteiger partial charge in [-0.15, -0.1) is 11.8 Å². The second kappa shape index (κ2) is 9.17. The average Bonchev–Trinajstić information content (AvgIpc) is 2.80. The summed E-state index contributed by atoms with van der Waals surface area (Å²) >= 11 is 1.35. The summed E-state index contributed by atoms with van der Waals surface area (Å²) in [5.41, 5.74) is 5.68. The third-order valence-electron chi connectivity index (χ3n) is 7.17. The minimum Gasteiger partial charge on any atom is -0.350 e. The van der Waals surface area contributed by atoms with E-state index in [0.717, 1.165) is 37.0 Å². The molecular formula is C25H28N4O3S. The maximum absolute atomic E-state index is 12.9. The number of carbonyl (C=O) groups is 3. The van der Waals surface area contributed by atoms with Gasteiger partial charge in [-0.3, -0.25) is 30.2 Å². The highest BCUT2D eigenvalue weighted by Crippen LogP contribution is 2.55. The first-order valence-corrected chi connectivity index (χ1v) is 12.5. The van der Waals surface area contributed by atoms with Gasteiger partial charge in [0.2, 0.25) is 5.91 Å². The molecule has 2 aromatic rings. The molecule has 4 bridgehead atoms. The summed E-state index contributed by atoms with van der Waals surface area (Å²) in [6.07, 6.45) is 10.4. The van der Waals surface area contributed by atoms with Gasteiger partial charge in [-0.05, 0) is 80.5 Å². The molecule has 0 radical (unpaired) electrons. The van der Waals surface area contributed by atoms with Gasteiger partial charge in [0.25, 0.3) is 11.8 Å². The van der Waals surface area contributed by atoms with E-state index in [4.69, 9.17) is 0 Å². The fraction of sp³-hybridized carbons (Fsp3) is 0.440. The van der Waals surface area contributed by atoms with E-state index in [-0.39, 0.29) is 17.2 Å². The lowest BCUT2D eigenvalue weighted by Gasteiger charge is -2.56. The highest BCUT2D eigenvalue weighted by atomic mass is 32.2. The molecule has 3 N–H and O–H groups in total. The highest BCUT2D eigenvalue weighted by molar-refractivity contribution is 8.00. The summed E-state index contributed by atoms with van der Waals surface area (Å²) < 4.78 is 0. The zero-order valence-corrected chi connectivity index (χ0v) is 19.2. The second-order valence-corrected chi connectivity index (χ2v) is 10.7. The molecule has 0 spiro atoms. The summed E-state index contributed by atoms with van der Waals surface area (Å²) in [5, 5.41) is 3.38. The normalized spacial score (nSPS) is 27.1. The summed E-state index contributed by atoms with van der Waals surface area (Å²) in [4.78, 5) is 42.3. The van der Waals surface area contributed by atoms with E-state index in [1.165, 1.54) is 43.4 Å². The van der Waals surface area contributed by atoms with E-state index in [1.807, 2.05) is 12.1 Å². The van der Waals surface area contributed by atoms with Crippen molar-refractivity contribution in [1.82, 2.24) is 21.2 Å². The number of carbonyl (C=O) groups excluding carboxylic acids is 3. The van der Waals surface area contributed by atoms with Crippen LogP contribution >= 0.6 is 11.8 Å². The Labute approximate surface area is 197 Å². The second-order valence-electron chi connectivity index (χ2n) is 9.68. The van der Waals surface area contributed by atoms with E-state index in [0.29, 0.717) is 16.0 Å². The number of benzene rings is 1. The molecule has 4 aliphatic rings. The lowest BCUT2D eigenvalue weighted by molar-refractivity contribution is -0.124. The van der Waals surface area contributed by atoms with Gasteiger partial charge in [-0.2, -0.15) is 0 Å². The van der Waals surface area contributed by atoms with Crippen molar-refractivity contribution in [2.75, 3.05) is 5.75 Å². The number of thioether (sulfide) groups is 1. The van der Waals surface area contributed by atoms with Crippen LogP contribution in [0.2, 0.25) is 0 Å². The third kappa shape index (κ3) is 4.90. The highest BCUT2D eigenvalue weighted by Gasteiger charge is 2.51. The summed E-state index contributed by atoms with van der Waals surface area (Å²) in [5.74, 6) is 1.76. The van der Waals surface area contributed by atoms with Gasteiger partial charge in [-0.25, -0.2) is 0 Å². The zero-order chi connectivity index (χ0) is 22.8. The number of pyridine rings is 1. The fourth-order valence-corrected chi connectivity index (χ4v) is 7.13. The molecule has 4 saturated carbocycles. The third-order valence-corrected chi connectivity index (χ3v) is 8.24. The Balaban J connectivity index is 1.17. The maximum Gasteiger partial charge on any atom is 0.270 e. The fourth-order valence-electron chi connectivity index (χ4n) is 6.28.